The van der Waals surface area contributed by atoms with Gasteiger partial charge < -0.3 is 28.8 Å². The molecule has 1 saturated heterocycles. The Kier molecular flexibility index (Phi) is 14.2. The van der Waals surface area contributed by atoms with Crippen LogP contribution in [0.5, 0.6) is 0 Å². The van der Waals surface area contributed by atoms with Crippen LogP contribution in [0.4, 0.5) is 0 Å². The van der Waals surface area contributed by atoms with Crippen molar-refractivity contribution in [3.63, 3.8) is 0 Å². The van der Waals surface area contributed by atoms with Gasteiger partial charge in [-0.25, -0.2) is 0 Å². The summed E-state index contributed by atoms with van der Waals surface area (Å²) in [5.41, 5.74) is 0.574. The van der Waals surface area contributed by atoms with Gasteiger partial charge in [0.2, 0.25) is 0 Å². The molecular formula is C32H51ClO7. The summed E-state index contributed by atoms with van der Waals surface area (Å²) in [5, 5.41) is 10.5. The molecule has 0 bridgehead atoms. The highest BCUT2D eigenvalue weighted by Crippen LogP contribution is 2.51. The van der Waals surface area contributed by atoms with Gasteiger partial charge in [-0.15, -0.1) is 0 Å². The van der Waals surface area contributed by atoms with Crippen molar-refractivity contribution in [2.45, 2.75) is 128 Å². The van der Waals surface area contributed by atoms with E-state index in [2.05, 4.69) is 27.7 Å². The van der Waals surface area contributed by atoms with E-state index in [4.69, 9.17) is 35.3 Å². The molecule has 1 aliphatic carbocycles. The Hall–Kier alpha value is -1.22. The second kappa shape index (κ2) is 17.0. The smallest absolute Gasteiger partial charge is 0.314 e. The predicted molar refractivity (Wildman–Crippen MR) is 157 cm³/mol. The lowest BCUT2D eigenvalue weighted by Gasteiger charge is -2.46. The van der Waals surface area contributed by atoms with Gasteiger partial charge >= 0.3 is 5.97 Å². The Morgan fingerprint density at radius 3 is 1.98 bits per heavy atom. The van der Waals surface area contributed by atoms with Gasteiger partial charge in [0.1, 0.15) is 30.5 Å². The van der Waals surface area contributed by atoms with Crippen LogP contribution in [0.3, 0.4) is 0 Å². The zero-order chi connectivity index (χ0) is 29.0. The van der Waals surface area contributed by atoms with E-state index >= 15 is 0 Å². The van der Waals surface area contributed by atoms with Crippen LogP contribution in [-0.2, 0) is 33.9 Å². The Morgan fingerprint density at radius 1 is 0.875 bits per heavy atom. The first kappa shape index (κ1) is 33.3. The molecule has 7 nitrogen and oxygen atoms in total. The molecular weight excluding hydrogens is 532 g/mol. The molecule has 1 saturated carbocycles. The lowest BCUT2D eigenvalue weighted by Crippen LogP contribution is -2.58. The highest BCUT2D eigenvalue weighted by atomic mass is 35.5. The number of benzene rings is 1. The van der Waals surface area contributed by atoms with Crippen molar-refractivity contribution in [1.29, 1.82) is 0 Å². The minimum absolute atomic E-state index is 0.339. The summed E-state index contributed by atoms with van der Waals surface area (Å²) in [4.78, 5) is 12.2. The number of halogens is 1. The fraction of sp³-hybridized carbons (Fsp3) is 0.781. The highest BCUT2D eigenvalue weighted by Gasteiger charge is 2.54. The zero-order valence-electron chi connectivity index (χ0n) is 25.0. The van der Waals surface area contributed by atoms with Gasteiger partial charge in [-0.1, -0.05) is 77.1 Å². The Labute approximate surface area is 246 Å². The molecule has 2 fully saturated rings. The van der Waals surface area contributed by atoms with Gasteiger partial charge in [0.15, 0.2) is 0 Å². The van der Waals surface area contributed by atoms with Crippen LogP contribution in [0, 0.1) is 0 Å². The molecule has 1 N–H and O–H groups in total. The van der Waals surface area contributed by atoms with Crippen molar-refractivity contribution in [3.05, 3.63) is 34.3 Å². The lowest BCUT2D eigenvalue weighted by atomic mass is 9.87. The predicted octanol–water partition coefficient (Wildman–Crippen LogP) is 7.27. The minimum atomic E-state index is -0.925. The summed E-state index contributed by atoms with van der Waals surface area (Å²) >= 11 is 6.58. The number of carboxylic acid groups (broad SMARTS) is 1. The van der Waals surface area contributed by atoms with Crippen molar-refractivity contribution in [2.24, 2.45) is 0 Å². The lowest BCUT2D eigenvalue weighted by molar-refractivity contribution is -0.268. The largest absolute Gasteiger partial charge is 0.481 e. The fourth-order valence-corrected chi connectivity index (χ4v) is 5.54. The van der Waals surface area contributed by atoms with Crippen LogP contribution in [0.15, 0.2) is 18.2 Å². The van der Waals surface area contributed by atoms with Crippen LogP contribution in [0.25, 0.3) is 0 Å². The van der Waals surface area contributed by atoms with Gasteiger partial charge in [-0.05, 0) is 55.7 Å². The van der Waals surface area contributed by atoms with Crippen LogP contribution in [-0.4, -0.2) is 68.5 Å². The minimum Gasteiger partial charge on any atom is -0.481 e. The van der Waals surface area contributed by atoms with Crippen LogP contribution in [0.1, 0.15) is 109 Å². The number of aliphatic carboxylic acids is 1. The summed E-state index contributed by atoms with van der Waals surface area (Å²) < 4.78 is 32.5. The van der Waals surface area contributed by atoms with Gasteiger partial charge in [0.05, 0.1) is 12.0 Å². The van der Waals surface area contributed by atoms with Crippen LogP contribution >= 0.6 is 11.6 Å². The maximum atomic E-state index is 12.2. The second-order valence-corrected chi connectivity index (χ2v) is 11.6. The first-order chi connectivity index (χ1) is 19.4. The average Bonchev–Trinajstić information content (AvgIpc) is 3.76. The van der Waals surface area contributed by atoms with Crippen molar-refractivity contribution >= 4 is 17.6 Å². The summed E-state index contributed by atoms with van der Waals surface area (Å²) in [6, 6.07) is 5.65. The van der Waals surface area contributed by atoms with E-state index in [9.17, 15) is 9.90 Å². The van der Waals surface area contributed by atoms with Crippen LogP contribution in [0.2, 0.25) is 5.02 Å². The monoisotopic (exact) mass is 582 g/mol. The van der Waals surface area contributed by atoms with E-state index in [1.807, 2.05) is 12.1 Å². The Bertz CT molecular complexity index is 890. The molecule has 8 heteroatoms. The molecule has 5 atom stereocenters. The zero-order valence-corrected chi connectivity index (χ0v) is 25.8. The van der Waals surface area contributed by atoms with E-state index in [1.165, 1.54) is 0 Å². The maximum absolute atomic E-state index is 12.2. The van der Waals surface area contributed by atoms with Crippen molar-refractivity contribution in [3.8, 4) is 0 Å². The summed E-state index contributed by atoms with van der Waals surface area (Å²) in [7, 11) is 0. The quantitative estimate of drug-likeness (QED) is 0.162. The fourth-order valence-electron chi connectivity index (χ4n) is 5.24. The first-order valence-corrected chi connectivity index (χ1v) is 15.9. The van der Waals surface area contributed by atoms with E-state index < -0.39 is 23.6 Å². The molecule has 1 aliphatic heterocycles. The molecule has 1 aromatic rings. The number of carboxylic acids is 1. The summed E-state index contributed by atoms with van der Waals surface area (Å²) in [6.07, 6.45) is 7.13. The number of carbonyl (C=O) groups is 1. The van der Waals surface area contributed by atoms with E-state index in [1.54, 1.807) is 6.07 Å². The third-order valence-electron chi connectivity index (χ3n) is 7.98. The molecule has 40 heavy (non-hydrogen) atoms. The van der Waals surface area contributed by atoms with Crippen LogP contribution < -0.4 is 0 Å². The number of rotatable bonds is 20. The standard InChI is InChI=1S/C32H51ClO7/c1-5-9-17-36-22-26-28(37-18-10-6-2)30(39-20-12-8-4)29(38-19-11-7-3)27(40-26)23-13-14-25(33)24(21-23)32(15-16-32)31(34)35/h13-14,21,26-30H,5-12,15-20,22H2,1-4H3,(H,34,35)/t26-,27+,28-,29+,30+/m1/s1. The van der Waals surface area contributed by atoms with Crippen molar-refractivity contribution in [1.82, 2.24) is 0 Å². The topological polar surface area (TPSA) is 83.5 Å². The van der Waals surface area contributed by atoms with E-state index in [-0.39, 0.29) is 18.3 Å². The molecule has 228 valence electrons. The number of hydrogen-bond acceptors (Lipinski definition) is 6. The highest BCUT2D eigenvalue weighted by molar-refractivity contribution is 6.31. The normalized spacial score (nSPS) is 25.7. The summed E-state index contributed by atoms with van der Waals surface area (Å²) in [6.45, 7) is 11.4. The third-order valence-corrected chi connectivity index (χ3v) is 8.31. The molecule has 0 radical (unpaired) electrons. The molecule has 1 heterocycles. The molecule has 1 aromatic carbocycles. The number of unbranched alkanes of at least 4 members (excludes halogenated alkanes) is 4. The average molecular weight is 583 g/mol. The SMILES string of the molecule is CCCCOC[C@H]1O[C@@H](c2ccc(Cl)c(C3(C(=O)O)CC3)c2)[C@H](OCCCC)[C@@H](OCCCC)[C@@H]1OCCCC. The van der Waals surface area contributed by atoms with Crippen molar-refractivity contribution in [2.75, 3.05) is 33.0 Å². The molecule has 3 rings (SSSR count). The first-order valence-electron chi connectivity index (χ1n) is 15.5. The summed E-state index contributed by atoms with van der Waals surface area (Å²) in [5.74, 6) is -0.834. The Morgan fingerprint density at radius 2 is 1.43 bits per heavy atom. The number of ether oxygens (including phenoxy) is 5. The van der Waals surface area contributed by atoms with Gasteiger partial charge in [0.25, 0.3) is 0 Å². The van der Waals surface area contributed by atoms with Gasteiger partial charge in [-0.3, -0.25) is 4.79 Å². The third kappa shape index (κ3) is 8.65. The number of hydrogen-bond donors (Lipinski definition) is 1. The molecule has 0 aromatic heterocycles. The van der Waals surface area contributed by atoms with Gasteiger partial charge in [-0.2, -0.15) is 0 Å². The van der Waals surface area contributed by atoms with Crippen molar-refractivity contribution < 1.29 is 33.6 Å². The second-order valence-electron chi connectivity index (χ2n) is 11.2. The maximum Gasteiger partial charge on any atom is 0.314 e. The van der Waals surface area contributed by atoms with E-state index in [0.717, 1.165) is 56.9 Å². The van der Waals surface area contributed by atoms with E-state index in [0.29, 0.717) is 56.5 Å². The molecule has 0 spiro atoms. The molecule has 0 amide bonds. The molecule has 2 aliphatic rings. The molecule has 0 unspecified atom stereocenters. The Balaban J connectivity index is 2.00. The van der Waals surface area contributed by atoms with Gasteiger partial charge in [0, 0.05) is 31.5 Å².